The average molecular weight is 301 g/mol. The number of hydrogen-bond acceptors (Lipinski definition) is 3. The lowest BCUT2D eigenvalue weighted by Gasteiger charge is -2.08. The molecule has 1 heterocycles. The van der Waals surface area contributed by atoms with Crippen LogP contribution in [0.15, 0.2) is 30.5 Å². The van der Waals surface area contributed by atoms with Crippen molar-refractivity contribution in [1.29, 1.82) is 0 Å². The maximum absolute atomic E-state index is 12.4. The van der Waals surface area contributed by atoms with Crippen LogP contribution in [0.5, 0.6) is 0 Å². The van der Waals surface area contributed by atoms with Crippen LogP contribution in [0.2, 0.25) is 0 Å². The van der Waals surface area contributed by atoms with Crippen molar-refractivity contribution in [2.45, 2.75) is 26.2 Å². The zero-order valence-corrected chi connectivity index (χ0v) is 12.8. The lowest BCUT2D eigenvalue weighted by molar-refractivity contribution is -0.136. The summed E-state index contributed by atoms with van der Waals surface area (Å²) in [5.41, 5.74) is 2.48. The van der Waals surface area contributed by atoms with Gasteiger partial charge in [-0.25, -0.2) is 0 Å². The molecule has 0 saturated carbocycles. The number of hydrogen-bond donors (Lipinski definition) is 2. The van der Waals surface area contributed by atoms with Crippen LogP contribution in [-0.2, 0) is 18.3 Å². The minimum atomic E-state index is -0.905. The number of aryl methyl sites for hydroxylation is 1. The van der Waals surface area contributed by atoms with Crippen LogP contribution < -0.4 is 5.32 Å². The quantitative estimate of drug-likeness (QED) is 0.888. The van der Waals surface area contributed by atoms with Gasteiger partial charge in [-0.15, -0.1) is 0 Å². The summed E-state index contributed by atoms with van der Waals surface area (Å²) in [6, 6.07) is 6.83. The first kappa shape index (κ1) is 15.8. The Labute approximate surface area is 128 Å². The van der Waals surface area contributed by atoms with Crippen molar-refractivity contribution >= 4 is 17.6 Å². The molecule has 0 aliphatic carbocycles. The number of carboxylic acids is 1. The van der Waals surface area contributed by atoms with E-state index in [0.29, 0.717) is 16.8 Å². The van der Waals surface area contributed by atoms with Crippen LogP contribution in [0, 0.1) is 0 Å². The third-order valence-corrected chi connectivity index (χ3v) is 3.19. The first-order valence-electron chi connectivity index (χ1n) is 7.02. The number of nitrogens with zero attached hydrogens (tertiary/aromatic N) is 2. The van der Waals surface area contributed by atoms with E-state index in [0.717, 1.165) is 5.69 Å². The first-order valence-corrected chi connectivity index (χ1v) is 7.02. The molecule has 0 unspecified atom stereocenters. The summed E-state index contributed by atoms with van der Waals surface area (Å²) in [6.07, 6.45) is 1.61. The number of aromatic nitrogens is 2. The SMILES string of the molecule is CC(C)c1nn(C)cc1C(=O)Nc1cccc(CC(=O)O)c1. The van der Waals surface area contributed by atoms with Gasteiger partial charge in [0.15, 0.2) is 0 Å². The Morgan fingerprint density at radius 3 is 2.73 bits per heavy atom. The second-order valence-electron chi connectivity index (χ2n) is 5.48. The van der Waals surface area contributed by atoms with Crippen molar-refractivity contribution in [1.82, 2.24) is 9.78 Å². The van der Waals surface area contributed by atoms with Crippen molar-refractivity contribution in [3.05, 3.63) is 47.3 Å². The number of aliphatic carboxylic acids is 1. The van der Waals surface area contributed by atoms with E-state index in [4.69, 9.17) is 5.11 Å². The van der Waals surface area contributed by atoms with Crippen LogP contribution in [0.3, 0.4) is 0 Å². The Balaban J connectivity index is 2.20. The fraction of sp³-hybridized carbons (Fsp3) is 0.312. The molecule has 0 fully saturated rings. The highest BCUT2D eigenvalue weighted by atomic mass is 16.4. The predicted molar refractivity (Wildman–Crippen MR) is 83.0 cm³/mol. The van der Waals surface area contributed by atoms with Gasteiger partial charge in [-0.2, -0.15) is 5.10 Å². The summed E-state index contributed by atoms with van der Waals surface area (Å²) in [5, 5.41) is 15.9. The molecular weight excluding hydrogens is 282 g/mol. The van der Waals surface area contributed by atoms with Crippen LogP contribution in [-0.4, -0.2) is 26.8 Å². The molecule has 6 nitrogen and oxygen atoms in total. The highest BCUT2D eigenvalue weighted by Gasteiger charge is 2.18. The second kappa shape index (κ2) is 6.43. The van der Waals surface area contributed by atoms with Gasteiger partial charge >= 0.3 is 5.97 Å². The van der Waals surface area contributed by atoms with Gasteiger partial charge in [-0.1, -0.05) is 26.0 Å². The summed E-state index contributed by atoms with van der Waals surface area (Å²) >= 11 is 0. The third kappa shape index (κ3) is 3.72. The summed E-state index contributed by atoms with van der Waals surface area (Å²) in [4.78, 5) is 23.2. The Kier molecular flexibility index (Phi) is 4.60. The van der Waals surface area contributed by atoms with E-state index in [2.05, 4.69) is 10.4 Å². The third-order valence-electron chi connectivity index (χ3n) is 3.19. The molecule has 2 rings (SSSR count). The molecule has 1 aromatic heterocycles. The van der Waals surface area contributed by atoms with E-state index < -0.39 is 5.97 Å². The molecule has 0 spiro atoms. The normalized spacial score (nSPS) is 10.7. The number of anilines is 1. The minimum absolute atomic E-state index is 0.0755. The van der Waals surface area contributed by atoms with E-state index in [1.807, 2.05) is 13.8 Å². The number of carbonyl (C=O) groups excluding carboxylic acids is 1. The van der Waals surface area contributed by atoms with Crippen molar-refractivity contribution in [2.24, 2.45) is 7.05 Å². The first-order chi connectivity index (χ1) is 10.4. The fourth-order valence-electron chi connectivity index (χ4n) is 2.24. The van der Waals surface area contributed by atoms with E-state index >= 15 is 0 Å². The molecule has 0 aliphatic heterocycles. The van der Waals surface area contributed by atoms with Gasteiger partial charge in [0.1, 0.15) is 0 Å². The van der Waals surface area contributed by atoms with Gasteiger partial charge in [0.2, 0.25) is 0 Å². The van der Waals surface area contributed by atoms with Gasteiger partial charge in [0.05, 0.1) is 17.7 Å². The Hall–Kier alpha value is -2.63. The molecule has 6 heteroatoms. The van der Waals surface area contributed by atoms with Crippen LogP contribution in [0.1, 0.15) is 41.4 Å². The molecule has 0 aliphatic rings. The largest absolute Gasteiger partial charge is 0.481 e. The zero-order chi connectivity index (χ0) is 16.3. The highest BCUT2D eigenvalue weighted by molar-refractivity contribution is 6.05. The maximum Gasteiger partial charge on any atom is 0.307 e. The van der Waals surface area contributed by atoms with Gasteiger partial charge < -0.3 is 10.4 Å². The molecule has 116 valence electrons. The number of carbonyl (C=O) groups is 2. The van der Waals surface area contributed by atoms with Crippen molar-refractivity contribution in [3.63, 3.8) is 0 Å². The number of carboxylic acid groups (broad SMARTS) is 1. The molecule has 0 saturated heterocycles. The molecule has 1 aromatic carbocycles. The summed E-state index contributed by atoms with van der Waals surface area (Å²) in [7, 11) is 1.77. The van der Waals surface area contributed by atoms with Gasteiger partial charge in [0.25, 0.3) is 5.91 Å². The molecule has 0 radical (unpaired) electrons. The van der Waals surface area contributed by atoms with Crippen LogP contribution in [0.25, 0.3) is 0 Å². The molecule has 22 heavy (non-hydrogen) atoms. The lowest BCUT2D eigenvalue weighted by Crippen LogP contribution is -2.14. The molecule has 2 N–H and O–H groups in total. The Morgan fingerprint density at radius 1 is 1.36 bits per heavy atom. The molecule has 1 amide bonds. The summed E-state index contributed by atoms with van der Waals surface area (Å²) < 4.78 is 1.62. The summed E-state index contributed by atoms with van der Waals surface area (Å²) in [5.74, 6) is -1.01. The number of nitrogens with one attached hydrogen (secondary N) is 1. The molecular formula is C16H19N3O3. The Morgan fingerprint density at radius 2 is 2.09 bits per heavy atom. The number of benzene rings is 1. The fourth-order valence-corrected chi connectivity index (χ4v) is 2.24. The van der Waals surface area contributed by atoms with E-state index in [1.54, 1.807) is 42.2 Å². The van der Waals surface area contributed by atoms with Gasteiger partial charge in [-0.05, 0) is 23.6 Å². The topological polar surface area (TPSA) is 84.2 Å². The van der Waals surface area contributed by atoms with Crippen LogP contribution in [0.4, 0.5) is 5.69 Å². The number of amides is 1. The van der Waals surface area contributed by atoms with E-state index in [9.17, 15) is 9.59 Å². The van der Waals surface area contributed by atoms with E-state index in [-0.39, 0.29) is 18.2 Å². The standard InChI is InChI=1S/C16H19N3O3/c1-10(2)15-13(9-19(3)18-15)16(22)17-12-6-4-5-11(7-12)8-14(20)21/h4-7,9-10H,8H2,1-3H3,(H,17,22)(H,20,21). The predicted octanol–water partition coefficient (Wildman–Crippen LogP) is 2.42. The van der Waals surface area contributed by atoms with Crippen molar-refractivity contribution < 1.29 is 14.7 Å². The smallest absolute Gasteiger partial charge is 0.307 e. The second-order valence-corrected chi connectivity index (χ2v) is 5.48. The summed E-state index contributed by atoms with van der Waals surface area (Å²) in [6.45, 7) is 3.96. The number of rotatable bonds is 5. The average Bonchev–Trinajstić information content (AvgIpc) is 2.81. The van der Waals surface area contributed by atoms with Gasteiger partial charge in [-0.3, -0.25) is 14.3 Å². The minimum Gasteiger partial charge on any atom is -0.481 e. The van der Waals surface area contributed by atoms with Gasteiger partial charge in [0, 0.05) is 18.9 Å². The van der Waals surface area contributed by atoms with E-state index in [1.165, 1.54) is 0 Å². The molecule has 0 atom stereocenters. The monoisotopic (exact) mass is 301 g/mol. The highest BCUT2D eigenvalue weighted by Crippen LogP contribution is 2.19. The van der Waals surface area contributed by atoms with Crippen molar-refractivity contribution in [3.8, 4) is 0 Å². The zero-order valence-electron chi connectivity index (χ0n) is 12.8. The maximum atomic E-state index is 12.4. The molecule has 2 aromatic rings. The molecule has 0 bridgehead atoms. The van der Waals surface area contributed by atoms with Crippen molar-refractivity contribution in [2.75, 3.05) is 5.32 Å². The van der Waals surface area contributed by atoms with Crippen LogP contribution >= 0.6 is 0 Å². The Bertz CT molecular complexity index is 704. The lowest BCUT2D eigenvalue weighted by atomic mass is 10.1.